The zero-order chi connectivity index (χ0) is 20.7. The Kier molecular flexibility index (Phi) is 10.7. The molecule has 1 aliphatic rings. The number of nitrogens with two attached hydrogens (primary N) is 1. The van der Waals surface area contributed by atoms with Crippen LogP contribution in [-0.2, 0) is 29.5 Å². The Morgan fingerprint density at radius 2 is 1.38 bits per heavy atom. The molecule has 0 spiro atoms. The van der Waals surface area contributed by atoms with Gasteiger partial charge in [0.05, 0.1) is 4.90 Å². The number of benzene rings is 2. The van der Waals surface area contributed by atoms with Gasteiger partial charge in [-0.15, -0.1) is 0 Å². The van der Waals surface area contributed by atoms with E-state index in [1.807, 2.05) is 6.92 Å². The average molecular weight is 504 g/mol. The van der Waals surface area contributed by atoms with E-state index in [9.17, 15) is 8.42 Å². The maximum absolute atomic E-state index is 12.2. The summed E-state index contributed by atoms with van der Waals surface area (Å²) in [6.07, 6.45) is 3.84. The predicted octanol–water partition coefficient (Wildman–Crippen LogP) is 4.66. The Balaban J connectivity index is 0.000000327. The van der Waals surface area contributed by atoms with Crippen LogP contribution in [0, 0.1) is 13.8 Å². The Labute approximate surface area is 189 Å². The van der Waals surface area contributed by atoms with Crippen LogP contribution >= 0.6 is 0 Å². The molecule has 1 aliphatic carbocycles. The standard InChI is InChI=1S/C13H20N2O2S.C10H14.Ru/c1-10-6-8-11(9-7-10)18(16,17)15-13-5-3-2-4-12(13)14;1-8(2)10-6-4-9(3)5-7-10;/h6-9,12-13,15H,2-5,14H2,1H3;4-8H,1-3H3;/t12-,13-;;/m0../s1. The first-order valence-corrected chi connectivity index (χ1v) is 11.6. The predicted molar refractivity (Wildman–Crippen MR) is 117 cm³/mol. The summed E-state index contributed by atoms with van der Waals surface area (Å²) in [5.74, 6) is 0.653. The van der Waals surface area contributed by atoms with Gasteiger partial charge in [0.15, 0.2) is 0 Å². The van der Waals surface area contributed by atoms with Gasteiger partial charge in [-0.1, -0.05) is 74.2 Å². The molecule has 0 bridgehead atoms. The summed E-state index contributed by atoms with van der Waals surface area (Å²) in [7, 11) is -3.44. The number of sulfonamides is 1. The van der Waals surface area contributed by atoms with Gasteiger partial charge in [0.25, 0.3) is 0 Å². The fourth-order valence-electron chi connectivity index (χ4n) is 3.24. The van der Waals surface area contributed by atoms with E-state index in [-0.39, 0.29) is 31.6 Å². The molecule has 4 nitrogen and oxygen atoms in total. The molecule has 3 N–H and O–H groups in total. The van der Waals surface area contributed by atoms with Crippen molar-refractivity contribution in [3.8, 4) is 0 Å². The van der Waals surface area contributed by atoms with Gasteiger partial charge in [-0.25, -0.2) is 13.1 Å². The SMILES string of the molecule is Cc1ccc(C(C)C)cc1.Cc1ccc(S(=O)(=O)N[C@H]2CCCC[C@@H]2N)cc1.[Ru]. The summed E-state index contributed by atoms with van der Waals surface area (Å²) in [4.78, 5) is 0.311. The second kappa shape index (κ2) is 11.9. The molecule has 0 unspecified atom stereocenters. The second-order valence-electron chi connectivity index (χ2n) is 8.05. The summed E-state index contributed by atoms with van der Waals surface area (Å²) >= 11 is 0. The fraction of sp³-hybridized carbons (Fsp3) is 0.478. The topological polar surface area (TPSA) is 72.2 Å². The molecular weight excluding hydrogens is 469 g/mol. The van der Waals surface area contributed by atoms with Crippen LogP contribution in [0.25, 0.3) is 0 Å². The zero-order valence-electron chi connectivity index (χ0n) is 17.8. The van der Waals surface area contributed by atoms with Gasteiger partial charge >= 0.3 is 0 Å². The molecule has 2 aromatic rings. The van der Waals surface area contributed by atoms with E-state index in [0.717, 1.165) is 31.2 Å². The van der Waals surface area contributed by atoms with E-state index in [2.05, 4.69) is 49.8 Å². The Morgan fingerprint density at radius 3 is 1.86 bits per heavy atom. The van der Waals surface area contributed by atoms with Crippen LogP contribution in [0.1, 0.15) is 62.1 Å². The van der Waals surface area contributed by atoms with Crippen molar-refractivity contribution in [3.05, 3.63) is 65.2 Å². The molecule has 1 saturated carbocycles. The zero-order valence-corrected chi connectivity index (χ0v) is 20.4. The summed E-state index contributed by atoms with van der Waals surface area (Å²) < 4.78 is 27.1. The largest absolute Gasteiger partial charge is 0.326 e. The van der Waals surface area contributed by atoms with E-state index in [4.69, 9.17) is 5.73 Å². The van der Waals surface area contributed by atoms with Crippen molar-refractivity contribution >= 4 is 10.0 Å². The molecule has 1 fully saturated rings. The van der Waals surface area contributed by atoms with Crippen LogP contribution in [0.4, 0.5) is 0 Å². The van der Waals surface area contributed by atoms with E-state index in [0.29, 0.717) is 10.8 Å². The molecule has 0 radical (unpaired) electrons. The van der Waals surface area contributed by atoms with Gasteiger partial charge in [-0.2, -0.15) is 0 Å². The molecular formula is C23H34N2O2RuS. The summed E-state index contributed by atoms with van der Waals surface area (Å²) in [5.41, 5.74) is 9.77. The third-order valence-electron chi connectivity index (χ3n) is 5.20. The molecule has 2 aromatic carbocycles. The molecule has 2 atom stereocenters. The fourth-order valence-corrected chi connectivity index (χ4v) is 4.56. The third kappa shape index (κ3) is 8.29. The minimum atomic E-state index is -3.44. The van der Waals surface area contributed by atoms with Gasteiger partial charge in [0, 0.05) is 31.6 Å². The first kappa shape index (κ1) is 26.0. The average Bonchev–Trinajstić information content (AvgIpc) is 2.65. The van der Waals surface area contributed by atoms with Crippen molar-refractivity contribution in [1.29, 1.82) is 0 Å². The van der Waals surface area contributed by atoms with E-state index in [1.165, 1.54) is 11.1 Å². The number of rotatable bonds is 4. The summed E-state index contributed by atoms with van der Waals surface area (Å²) in [6, 6.07) is 15.4. The Bertz CT molecular complexity index is 834. The quantitative estimate of drug-likeness (QED) is 0.596. The van der Waals surface area contributed by atoms with Gasteiger partial charge < -0.3 is 5.73 Å². The molecule has 0 aromatic heterocycles. The molecule has 162 valence electrons. The van der Waals surface area contributed by atoms with Crippen molar-refractivity contribution in [2.75, 3.05) is 0 Å². The molecule has 0 amide bonds. The number of hydrogen-bond acceptors (Lipinski definition) is 3. The molecule has 29 heavy (non-hydrogen) atoms. The van der Waals surface area contributed by atoms with Crippen molar-refractivity contribution in [1.82, 2.24) is 4.72 Å². The van der Waals surface area contributed by atoms with Crippen molar-refractivity contribution < 1.29 is 27.9 Å². The second-order valence-corrected chi connectivity index (χ2v) is 9.77. The normalized spacial score (nSPS) is 19.1. The number of hydrogen-bond donors (Lipinski definition) is 2. The molecule has 0 heterocycles. The smallest absolute Gasteiger partial charge is 0.240 e. The number of nitrogens with one attached hydrogen (secondary N) is 1. The first-order chi connectivity index (χ1) is 13.2. The summed E-state index contributed by atoms with van der Waals surface area (Å²) in [5, 5.41) is 0. The summed E-state index contributed by atoms with van der Waals surface area (Å²) in [6.45, 7) is 8.47. The van der Waals surface area contributed by atoms with E-state index >= 15 is 0 Å². The minimum absolute atomic E-state index is 0. The molecule has 3 rings (SSSR count). The van der Waals surface area contributed by atoms with Crippen LogP contribution in [0.3, 0.4) is 0 Å². The van der Waals surface area contributed by atoms with Gasteiger partial charge in [0.1, 0.15) is 0 Å². The van der Waals surface area contributed by atoms with E-state index in [1.54, 1.807) is 24.3 Å². The van der Waals surface area contributed by atoms with Crippen LogP contribution in [0.15, 0.2) is 53.4 Å². The van der Waals surface area contributed by atoms with Gasteiger partial charge in [0.2, 0.25) is 10.0 Å². The maximum Gasteiger partial charge on any atom is 0.240 e. The first-order valence-electron chi connectivity index (χ1n) is 10.1. The number of aryl methyl sites for hydroxylation is 2. The molecule has 0 aliphatic heterocycles. The maximum atomic E-state index is 12.2. The van der Waals surface area contributed by atoms with Crippen molar-refractivity contribution in [3.63, 3.8) is 0 Å². The van der Waals surface area contributed by atoms with E-state index < -0.39 is 10.0 Å². The van der Waals surface area contributed by atoms with Gasteiger partial charge in [-0.3, -0.25) is 0 Å². The van der Waals surface area contributed by atoms with Gasteiger partial charge in [-0.05, 0) is 50.3 Å². The van der Waals surface area contributed by atoms with Crippen LogP contribution in [0.5, 0.6) is 0 Å². The Hall–Kier alpha value is -1.07. The monoisotopic (exact) mass is 504 g/mol. The molecule has 6 heteroatoms. The minimum Gasteiger partial charge on any atom is -0.326 e. The third-order valence-corrected chi connectivity index (χ3v) is 6.71. The van der Waals surface area contributed by atoms with Crippen molar-refractivity contribution in [2.45, 2.75) is 76.3 Å². The van der Waals surface area contributed by atoms with Crippen LogP contribution in [-0.4, -0.2) is 20.5 Å². The van der Waals surface area contributed by atoms with Crippen LogP contribution < -0.4 is 10.5 Å². The van der Waals surface area contributed by atoms with Crippen molar-refractivity contribution in [2.24, 2.45) is 5.73 Å². The molecule has 0 saturated heterocycles. The van der Waals surface area contributed by atoms with Crippen LogP contribution in [0.2, 0.25) is 0 Å². The Morgan fingerprint density at radius 1 is 0.897 bits per heavy atom.